The molecule has 0 radical (unpaired) electrons. The summed E-state index contributed by atoms with van der Waals surface area (Å²) in [5.74, 6) is -22.8. The first-order valence-electron chi connectivity index (χ1n) is 15.4. The normalized spacial score (nSPS) is 15.1. The SMILES string of the molecule is O=[N+]([O-])c1ccc([C+]2c3ccc([nH]3)/C(c3c(F)c(F)c(F)c(F)c3F)=C3/C=CC(=N3)c3ccc([nH]3)[C+](c3c(F)c(F)c(F)c(F)c3F)c3ccc2[nH]3)cc1. The van der Waals surface area contributed by atoms with Gasteiger partial charge >= 0.3 is 0 Å². The van der Waals surface area contributed by atoms with E-state index in [9.17, 15) is 36.5 Å². The molecule has 0 atom stereocenters. The van der Waals surface area contributed by atoms with Gasteiger partial charge in [0.05, 0.1) is 63.1 Å². The number of fused-ring (bicyclic) bond motifs is 8. The number of aromatic nitrogens is 3. The minimum absolute atomic E-state index is 0.0265. The Hall–Kier alpha value is -6.91. The molecule has 7 nitrogen and oxygen atoms in total. The zero-order valence-electron chi connectivity index (χ0n) is 26.4. The summed E-state index contributed by atoms with van der Waals surface area (Å²) in [6.45, 7) is 0. The average molecular weight is 752 g/mol. The minimum Gasteiger partial charge on any atom is -0.341 e. The van der Waals surface area contributed by atoms with Crippen LogP contribution in [0, 0.1) is 80.1 Å². The second-order valence-corrected chi connectivity index (χ2v) is 11.9. The number of nitrogens with zero attached hydrogens (tertiary/aromatic N) is 2. The molecule has 0 spiro atoms. The van der Waals surface area contributed by atoms with Crippen molar-refractivity contribution in [3.8, 4) is 0 Å². The van der Waals surface area contributed by atoms with Crippen molar-refractivity contribution in [2.24, 2.45) is 4.99 Å². The molecule has 3 aromatic heterocycles. The van der Waals surface area contributed by atoms with Gasteiger partial charge in [0, 0.05) is 29.8 Å². The van der Waals surface area contributed by atoms with Gasteiger partial charge in [0.25, 0.3) is 5.69 Å². The Morgan fingerprint density at radius 3 is 1.57 bits per heavy atom. The summed E-state index contributed by atoms with van der Waals surface area (Å²) in [7, 11) is 0. The minimum atomic E-state index is -2.40. The van der Waals surface area contributed by atoms with Crippen molar-refractivity contribution in [2.75, 3.05) is 0 Å². The molecule has 0 amide bonds. The van der Waals surface area contributed by atoms with E-state index >= 15 is 17.6 Å². The first-order chi connectivity index (χ1) is 25.8. The molecule has 8 rings (SSSR count). The number of aliphatic imine (C=N–C) groups is 1. The largest absolute Gasteiger partial charge is 0.341 e. The van der Waals surface area contributed by atoms with E-state index in [0.29, 0.717) is 0 Å². The van der Waals surface area contributed by atoms with Crippen LogP contribution in [0.1, 0.15) is 50.9 Å². The monoisotopic (exact) mass is 751 g/mol. The first kappa shape index (κ1) is 34.2. The maximum Gasteiger partial charge on any atom is 0.284 e. The third-order valence-corrected chi connectivity index (χ3v) is 8.86. The quantitative estimate of drug-likeness (QED) is 0.0418. The molecule has 2 aliphatic rings. The summed E-state index contributed by atoms with van der Waals surface area (Å²) < 4.78 is 149. The van der Waals surface area contributed by atoms with Crippen molar-refractivity contribution < 1.29 is 48.8 Å². The Bertz CT molecular complexity index is 2610. The number of nitro benzene ring substituents is 1. The number of hydrogen-bond acceptors (Lipinski definition) is 3. The van der Waals surface area contributed by atoms with Crippen LogP contribution >= 0.6 is 0 Å². The fourth-order valence-electron chi connectivity index (χ4n) is 6.39. The van der Waals surface area contributed by atoms with E-state index in [1.54, 1.807) is 0 Å². The second-order valence-electron chi connectivity index (χ2n) is 11.9. The van der Waals surface area contributed by atoms with E-state index in [2.05, 4.69) is 19.9 Å². The van der Waals surface area contributed by atoms with Gasteiger partial charge in [-0.25, -0.2) is 26.9 Å². The van der Waals surface area contributed by atoms with Crippen molar-refractivity contribution in [3.05, 3.63) is 209 Å². The first-order valence-corrected chi connectivity index (χ1v) is 15.4. The highest BCUT2D eigenvalue weighted by Gasteiger charge is 2.41. The second kappa shape index (κ2) is 12.4. The summed E-state index contributed by atoms with van der Waals surface area (Å²) in [5.41, 5.74) is -4.08. The van der Waals surface area contributed by atoms with E-state index in [-0.39, 0.29) is 62.7 Å². The standard InChI is InChI=1S/C37H15F10N5O2/c38-28-26(29(39)33(43)36(46)32(28)42)24-19-7-5-15(48-19)16-6-8-20(49-16)25(27-30(40)34(44)37(47)35(45)31(27)41)22-12-10-18(51-22)23(17-9-11-21(24)50-17)13-1-3-14(4-2-13)52(53)54/h1-12,48,50-51H/q+2/b25-20+. The molecule has 0 saturated carbocycles. The summed E-state index contributed by atoms with van der Waals surface area (Å²) >= 11 is 0. The van der Waals surface area contributed by atoms with Gasteiger partial charge < -0.3 is 15.0 Å². The Kier molecular flexibility index (Phi) is 7.82. The van der Waals surface area contributed by atoms with E-state index in [1.165, 1.54) is 60.7 Å². The maximum atomic E-state index is 15.5. The molecule has 3 N–H and O–H groups in total. The fraction of sp³-hybridized carbons (Fsp3) is 0. The number of nitrogens with one attached hydrogen (secondary N) is 3. The van der Waals surface area contributed by atoms with E-state index in [1.807, 2.05) is 0 Å². The summed E-state index contributed by atoms with van der Waals surface area (Å²) in [4.78, 5) is 23.7. The lowest BCUT2D eigenvalue weighted by Gasteiger charge is -2.14. The number of benzene rings is 3. The molecule has 0 saturated heterocycles. The highest BCUT2D eigenvalue weighted by Crippen LogP contribution is 2.41. The smallest absolute Gasteiger partial charge is 0.284 e. The highest BCUT2D eigenvalue weighted by molar-refractivity contribution is 6.11. The van der Waals surface area contributed by atoms with Crippen LogP contribution < -0.4 is 0 Å². The molecule has 17 heteroatoms. The van der Waals surface area contributed by atoms with E-state index in [0.717, 1.165) is 12.1 Å². The van der Waals surface area contributed by atoms with Crippen LogP contribution in [-0.2, 0) is 0 Å². The maximum absolute atomic E-state index is 15.5. The lowest BCUT2D eigenvalue weighted by atomic mass is 9.91. The molecule has 0 unspecified atom stereocenters. The topological polar surface area (TPSA) is 103 Å². The molecule has 6 aromatic rings. The van der Waals surface area contributed by atoms with Crippen molar-refractivity contribution in [2.45, 2.75) is 0 Å². The Labute approximate surface area is 295 Å². The average Bonchev–Trinajstić information content (AvgIpc) is 4.00. The van der Waals surface area contributed by atoms with Gasteiger partial charge in [-0.3, -0.25) is 10.1 Å². The molecule has 8 bridgehead atoms. The zero-order chi connectivity index (χ0) is 38.3. The van der Waals surface area contributed by atoms with Gasteiger partial charge in [-0.05, 0) is 24.3 Å². The van der Waals surface area contributed by atoms with Crippen molar-refractivity contribution in [3.63, 3.8) is 0 Å². The van der Waals surface area contributed by atoms with Crippen LogP contribution in [0.5, 0.6) is 0 Å². The molecule has 5 heterocycles. The van der Waals surface area contributed by atoms with Gasteiger partial charge in [0.15, 0.2) is 28.8 Å². The lowest BCUT2D eigenvalue weighted by Crippen LogP contribution is -2.16. The van der Waals surface area contributed by atoms with Crippen molar-refractivity contribution in [1.29, 1.82) is 0 Å². The molecule has 3 aromatic carbocycles. The third kappa shape index (κ3) is 5.10. The van der Waals surface area contributed by atoms with Crippen LogP contribution in [0.4, 0.5) is 49.6 Å². The fourth-order valence-corrected chi connectivity index (χ4v) is 6.39. The van der Waals surface area contributed by atoms with E-state index in [4.69, 9.17) is 0 Å². The molecular weight excluding hydrogens is 736 g/mol. The number of nitro groups is 1. The number of aromatic amines is 3. The van der Waals surface area contributed by atoms with E-state index < -0.39 is 85.7 Å². The number of rotatable bonds is 4. The number of non-ortho nitro benzene ring substituents is 1. The third-order valence-electron chi connectivity index (χ3n) is 8.86. The van der Waals surface area contributed by atoms with Gasteiger partial charge in [0.1, 0.15) is 34.6 Å². The van der Waals surface area contributed by atoms with Crippen LogP contribution in [0.3, 0.4) is 0 Å². The number of allylic oxidation sites excluding steroid dienone is 2. The summed E-state index contributed by atoms with van der Waals surface area (Å²) in [5, 5.41) is 11.4. The highest BCUT2D eigenvalue weighted by atomic mass is 19.2. The predicted octanol–water partition coefficient (Wildman–Crippen LogP) is 9.14. The Morgan fingerprint density at radius 2 is 0.981 bits per heavy atom. The van der Waals surface area contributed by atoms with Crippen molar-refractivity contribution >= 4 is 17.0 Å². The Morgan fingerprint density at radius 1 is 0.519 bits per heavy atom. The molecular formula is C37H15F10N5O2+2. The molecule has 0 aliphatic carbocycles. The molecule has 0 fully saturated rings. The summed E-state index contributed by atoms with van der Waals surface area (Å²) in [6, 6.07) is 12.7. The van der Waals surface area contributed by atoms with Gasteiger partial charge in [-0.15, -0.1) is 0 Å². The molecule has 268 valence electrons. The Balaban J connectivity index is 1.44. The number of hydrogen-bond donors (Lipinski definition) is 3. The predicted molar refractivity (Wildman–Crippen MR) is 171 cm³/mol. The van der Waals surface area contributed by atoms with Gasteiger partial charge in [-0.1, -0.05) is 0 Å². The van der Waals surface area contributed by atoms with Crippen LogP contribution in [-0.4, -0.2) is 25.6 Å². The lowest BCUT2D eigenvalue weighted by molar-refractivity contribution is -0.384. The summed E-state index contributed by atoms with van der Waals surface area (Å²) in [6.07, 6.45) is 2.48. The van der Waals surface area contributed by atoms with Crippen LogP contribution in [0.2, 0.25) is 0 Å². The number of halogens is 10. The zero-order valence-corrected chi connectivity index (χ0v) is 26.4. The number of H-pyrrole nitrogens is 3. The van der Waals surface area contributed by atoms with Crippen LogP contribution in [0.25, 0.3) is 5.57 Å². The van der Waals surface area contributed by atoms with Gasteiger partial charge in [0.2, 0.25) is 34.9 Å². The van der Waals surface area contributed by atoms with Crippen molar-refractivity contribution in [1.82, 2.24) is 15.0 Å². The van der Waals surface area contributed by atoms with Crippen LogP contribution in [0.15, 0.2) is 83.5 Å². The molecule has 54 heavy (non-hydrogen) atoms. The molecule has 2 aliphatic heterocycles. The van der Waals surface area contributed by atoms with Gasteiger partial charge in [-0.2, -0.15) is 22.0 Å².